The number of nitrogens with zero attached hydrogens (tertiary/aromatic N) is 1. The molecule has 2 heterocycles. The van der Waals surface area contributed by atoms with Gasteiger partial charge in [0.15, 0.2) is 0 Å². The molecular weight excluding hydrogens is 380 g/mol. The lowest BCUT2D eigenvalue weighted by Crippen LogP contribution is -2.44. The first-order chi connectivity index (χ1) is 14.5. The SMILES string of the molecule is Cc1ccc2c(c1O)C[C@@H](C1CCN(C(C(=O)O)c3ccccc3)CC1)O[C@H]2CN. The molecule has 0 amide bonds. The number of fused-ring (bicyclic) bond motifs is 1. The molecule has 1 unspecified atom stereocenters. The molecule has 6 heteroatoms. The smallest absolute Gasteiger partial charge is 0.325 e. The molecule has 0 spiro atoms. The molecule has 0 aliphatic carbocycles. The van der Waals surface area contributed by atoms with Crippen LogP contribution in [-0.4, -0.2) is 46.8 Å². The number of ether oxygens (including phenoxy) is 1. The van der Waals surface area contributed by atoms with Crippen molar-refractivity contribution < 1.29 is 19.7 Å². The average molecular weight is 411 g/mol. The molecule has 4 N–H and O–H groups in total. The number of aromatic hydroxyl groups is 1. The molecule has 0 aromatic heterocycles. The molecule has 2 aromatic carbocycles. The number of aliphatic carboxylic acids is 1. The number of phenolic OH excluding ortho intramolecular Hbond substituents is 1. The van der Waals surface area contributed by atoms with Crippen LogP contribution < -0.4 is 5.73 Å². The summed E-state index contributed by atoms with van der Waals surface area (Å²) in [5, 5.41) is 20.4. The Kier molecular flexibility index (Phi) is 6.09. The summed E-state index contributed by atoms with van der Waals surface area (Å²) in [5.74, 6) is -0.147. The van der Waals surface area contributed by atoms with Gasteiger partial charge in [-0.25, -0.2) is 0 Å². The lowest BCUT2D eigenvalue weighted by molar-refractivity contribution is -0.144. The third-order valence-electron chi connectivity index (χ3n) is 6.64. The van der Waals surface area contributed by atoms with Crippen LogP contribution in [0.1, 0.15) is 47.2 Å². The monoisotopic (exact) mass is 410 g/mol. The number of aryl methyl sites for hydroxylation is 1. The Balaban J connectivity index is 1.48. The van der Waals surface area contributed by atoms with Gasteiger partial charge in [-0.2, -0.15) is 0 Å². The fourth-order valence-electron chi connectivity index (χ4n) is 4.97. The Morgan fingerprint density at radius 1 is 1.20 bits per heavy atom. The zero-order valence-electron chi connectivity index (χ0n) is 17.3. The van der Waals surface area contributed by atoms with Gasteiger partial charge in [-0.05, 0) is 55.5 Å². The maximum absolute atomic E-state index is 12.0. The minimum Gasteiger partial charge on any atom is -0.507 e. The summed E-state index contributed by atoms with van der Waals surface area (Å²) in [6.07, 6.45) is 2.17. The topological polar surface area (TPSA) is 96.0 Å². The van der Waals surface area contributed by atoms with E-state index in [0.29, 0.717) is 37.7 Å². The van der Waals surface area contributed by atoms with E-state index in [2.05, 4.69) is 0 Å². The van der Waals surface area contributed by atoms with Crippen molar-refractivity contribution in [3.8, 4) is 5.75 Å². The van der Waals surface area contributed by atoms with Crippen molar-refractivity contribution in [2.45, 2.75) is 44.4 Å². The van der Waals surface area contributed by atoms with Crippen molar-refractivity contribution in [3.05, 3.63) is 64.7 Å². The van der Waals surface area contributed by atoms with Crippen molar-refractivity contribution >= 4 is 5.97 Å². The highest BCUT2D eigenvalue weighted by atomic mass is 16.5. The highest BCUT2D eigenvalue weighted by Gasteiger charge is 2.37. The van der Waals surface area contributed by atoms with E-state index in [1.165, 1.54) is 0 Å². The first-order valence-corrected chi connectivity index (χ1v) is 10.7. The van der Waals surface area contributed by atoms with Gasteiger partial charge in [-0.1, -0.05) is 42.5 Å². The summed E-state index contributed by atoms with van der Waals surface area (Å²) < 4.78 is 6.35. The Hall–Kier alpha value is -2.41. The minimum absolute atomic E-state index is 0.0131. The zero-order valence-corrected chi connectivity index (χ0v) is 17.3. The van der Waals surface area contributed by atoms with Crippen molar-refractivity contribution in [1.29, 1.82) is 0 Å². The van der Waals surface area contributed by atoms with E-state index in [0.717, 1.165) is 35.1 Å². The van der Waals surface area contributed by atoms with Crippen LogP contribution in [0.15, 0.2) is 42.5 Å². The van der Waals surface area contributed by atoms with E-state index in [9.17, 15) is 15.0 Å². The normalized spacial score (nSPS) is 23.7. The summed E-state index contributed by atoms with van der Waals surface area (Å²) in [4.78, 5) is 14.0. The van der Waals surface area contributed by atoms with Gasteiger partial charge in [0.05, 0.1) is 12.2 Å². The van der Waals surface area contributed by atoms with Crippen molar-refractivity contribution in [3.63, 3.8) is 0 Å². The maximum atomic E-state index is 12.0. The van der Waals surface area contributed by atoms with Crippen molar-refractivity contribution in [2.75, 3.05) is 19.6 Å². The number of piperidine rings is 1. The van der Waals surface area contributed by atoms with Crippen molar-refractivity contribution in [2.24, 2.45) is 11.7 Å². The second-order valence-corrected chi connectivity index (χ2v) is 8.43. The number of carboxylic acids is 1. The molecule has 1 fully saturated rings. The lowest BCUT2D eigenvalue weighted by atomic mass is 9.82. The summed E-state index contributed by atoms with van der Waals surface area (Å²) in [6.45, 7) is 3.69. The quantitative estimate of drug-likeness (QED) is 0.701. The number of likely N-dealkylation sites (tertiary alicyclic amines) is 1. The number of carbonyl (C=O) groups is 1. The number of nitrogens with two attached hydrogens (primary N) is 1. The zero-order chi connectivity index (χ0) is 21.3. The molecule has 6 nitrogen and oxygen atoms in total. The second kappa shape index (κ2) is 8.76. The standard InChI is InChI=1S/C24H30N2O4/c1-15-7-8-18-19(23(15)27)13-20(30-21(18)14-25)16-9-11-26(12-10-16)22(24(28)29)17-5-3-2-4-6-17/h2-8,16,20-22,27H,9-14,25H2,1H3,(H,28,29)/t20-,21-,22?/m0/s1. The fraction of sp³-hybridized carbons (Fsp3) is 0.458. The van der Waals surface area contributed by atoms with Crippen LogP contribution in [-0.2, 0) is 16.0 Å². The van der Waals surface area contributed by atoms with Gasteiger partial charge in [0.1, 0.15) is 11.8 Å². The largest absolute Gasteiger partial charge is 0.507 e. The summed E-state index contributed by atoms with van der Waals surface area (Å²) >= 11 is 0. The van der Waals surface area contributed by atoms with Crippen LogP contribution >= 0.6 is 0 Å². The Morgan fingerprint density at radius 2 is 1.90 bits per heavy atom. The maximum Gasteiger partial charge on any atom is 0.325 e. The average Bonchev–Trinajstić information content (AvgIpc) is 2.77. The molecular formula is C24H30N2O4. The van der Waals surface area contributed by atoms with Crippen LogP contribution in [0.25, 0.3) is 0 Å². The molecule has 2 aliphatic rings. The second-order valence-electron chi connectivity index (χ2n) is 8.43. The highest BCUT2D eigenvalue weighted by Crippen LogP contribution is 2.40. The Bertz CT molecular complexity index is 894. The fourth-order valence-corrected chi connectivity index (χ4v) is 4.97. The van der Waals surface area contributed by atoms with Crippen LogP contribution in [0.4, 0.5) is 0 Å². The number of hydrogen-bond acceptors (Lipinski definition) is 5. The van der Waals surface area contributed by atoms with Gasteiger partial charge in [0, 0.05) is 18.5 Å². The molecule has 4 rings (SSSR count). The third-order valence-corrected chi connectivity index (χ3v) is 6.64. The van der Waals surface area contributed by atoms with Gasteiger partial charge in [-0.15, -0.1) is 0 Å². The molecule has 1 saturated heterocycles. The Morgan fingerprint density at radius 3 is 2.53 bits per heavy atom. The number of benzene rings is 2. The number of hydrogen-bond donors (Lipinski definition) is 3. The van der Waals surface area contributed by atoms with Crippen LogP contribution in [0.3, 0.4) is 0 Å². The van der Waals surface area contributed by atoms with Gasteiger partial charge < -0.3 is 20.7 Å². The van der Waals surface area contributed by atoms with Crippen LogP contribution in [0, 0.1) is 12.8 Å². The minimum atomic E-state index is -0.814. The summed E-state index contributed by atoms with van der Waals surface area (Å²) in [6, 6.07) is 12.7. The van der Waals surface area contributed by atoms with Gasteiger partial charge in [0.2, 0.25) is 0 Å². The van der Waals surface area contributed by atoms with E-state index in [-0.39, 0.29) is 12.2 Å². The highest BCUT2D eigenvalue weighted by molar-refractivity contribution is 5.75. The molecule has 160 valence electrons. The number of phenols is 1. The van der Waals surface area contributed by atoms with E-state index >= 15 is 0 Å². The van der Waals surface area contributed by atoms with Gasteiger partial charge in [-0.3, -0.25) is 9.69 Å². The first kappa shape index (κ1) is 20.8. The van der Waals surface area contributed by atoms with Crippen LogP contribution in [0.2, 0.25) is 0 Å². The molecule has 0 saturated carbocycles. The number of rotatable bonds is 5. The van der Waals surface area contributed by atoms with E-state index in [1.54, 1.807) is 0 Å². The summed E-state index contributed by atoms with van der Waals surface area (Å²) in [7, 11) is 0. The molecule has 0 radical (unpaired) electrons. The van der Waals surface area contributed by atoms with Crippen LogP contribution in [0.5, 0.6) is 5.75 Å². The van der Waals surface area contributed by atoms with E-state index in [4.69, 9.17) is 10.5 Å². The van der Waals surface area contributed by atoms with Gasteiger partial charge in [0.25, 0.3) is 0 Å². The summed E-state index contributed by atoms with van der Waals surface area (Å²) in [5.41, 5.74) is 9.61. The lowest BCUT2D eigenvalue weighted by Gasteiger charge is -2.41. The van der Waals surface area contributed by atoms with Gasteiger partial charge >= 0.3 is 5.97 Å². The van der Waals surface area contributed by atoms with E-state index in [1.807, 2.05) is 54.3 Å². The first-order valence-electron chi connectivity index (χ1n) is 10.7. The van der Waals surface area contributed by atoms with E-state index < -0.39 is 12.0 Å². The predicted octanol–water partition coefficient (Wildman–Crippen LogP) is 3.18. The molecule has 30 heavy (non-hydrogen) atoms. The Labute approximate surface area is 177 Å². The predicted molar refractivity (Wildman–Crippen MR) is 114 cm³/mol. The number of carboxylic acid groups (broad SMARTS) is 1. The third kappa shape index (κ3) is 3.95. The molecule has 3 atom stereocenters. The van der Waals surface area contributed by atoms with Crippen molar-refractivity contribution in [1.82, 2.24) is 4.90 Å². The molecule has 2 aliphatic heterocycles. The molecule has 2 aromatic rings. The molecule has 0 bridgehead atoms.